The number of nitrogens with two attached hydrogens (primary N) is 1. The first-order chi connectivity index (χ1) is 6.60. The van der Waals surface area contributed by atoms with E-state index in [1.165, 1.54) is 6.07 Å². The maximum absolute atomic E-state index is 12.8. The van der Waals surface area contributed by atoms with Crippen LogP contribution in [0.2, 0.25) is 0 Å². The molecule has 1 aromatic heterocycles. The first kappa shape index (κ1) is 11.0. The van der Waals surface area contributed by atoms with Crippen LogP contribution in [0.15, 0.2) is 6.07 Å². The van der Waals surface area contributed by atoms with E-state index >= 15 is 0 Å². The Bertz CT molecular complexity index is 391. The second kappa shape index (κ2) is 4.45. The third-order valence-corrected chi connectivity index (χ3v) is 1.89. The van der Waals surface area contributed by atoms with Crippen LogP contribution >= 0.6 is 11.5 Å². The molecule has 0 aliphatic carbocycles. The second-order valence-corrected chi connectivity index (χ2v) is 2.96. The van der Waals surface area contributed by atoms with E-state index < -0.39 is 6.41 Å². The molecule has 2 radical (unpaired) electrons. The lowest BCUT2D eigenvalue weighted by Gasteiger charge is -2.06. The fraction of sp³-hybridized carbons (Fsp3) is 0.143. The van der Waals surface area contributed by atoms with E-state index in [0.717, 1.165) is 0 Å². The Morgan fingerprint density at radius 3 is 2.86 bits per heavy atom. The van der Waals surface area contributed by atoms with Crippen molar-refractivity contribution in [1.82, 2.24) is 4.98 Å². The number of hydrogen-bond acceptors (Lipinski definition) is 3. The molecule has 0 aromatic carbocycles. The topological polar surface area (TPSA) is 62.7 Å². The lowest BCUT2D eigenvalue weighted by atomic mass is 9.85. The van der Waals surface area contributed by atoms with Gasteiger partial charge in [0.25, 0.3) is 0 Å². The molecule has 0 saturated heterocycles. The van der Waals surface area contributed by atoms with Crippen LogP contribution in [0.4, 0.5) is 4.32 Å². The lowest BCUT2D eigenvalue weighted by Crippen LogP contribution is -2.33. The van der Waals surface area contributed by atoms with Gasteiger partial charge in [0.05, 0.1) is 11.2 Å². The summed E-state index contributed by atoms with van der Waals surface area (Å²) in [7, 11) is 5.52. The molecule has 1 aromatic rings. The molecule has 14 heavy (non-hydrogen) atoms. The van der Waals surface area contributed by atoms with Gasteiger partial charge in [0.2, 0.25) is 0 Å². The van der Waals surface area contributed by atoms with Gasteiger partial charge in [-0.3, -0.25) is 4.98 Å². The smallest absolute Gasteiger partial charge is 0.325 e. The molecule has 0 aliphatic rings. The number of pyridine rings is 1. The highest BCUT2D eigenvalue weighted by Crippen LogP contribution is 1.99. The molecule has 7 heteroatoms. The van der Waals surface area contributed by atoms with E-state index in [4.69, 9.17) is 30.3 Å². The maximum Gasteiger partial charge on any atom is 0.500 e. The van der Waals surface area contributed by atoms with Crippen molar-refractivity contribution in [2.75, 3.05) is 0 Å². The summed E-state index contributed by atoms with van der Waals surface area (Å²) in [6, 6.07) is 3.08. The van der Waals surface area contributed by atoms with Crippen LogP contribution < -0.4 is 16.8 Å². The summed E-state index contributed by atoms with van der Waals surface area (Å²) in [5, 5.41) is 8.65. The van der Waals surface area contributed by atoms with Gasteiger partial charge in [-0.2, -0.15) is 5.26 Å². The summed E-state index contributed by atoms with van der Waals surface area (Å²) in [4.78, 5) is 3.78. The molecule has 0 atom stereocenters. The normalized spacial score (nSPS) is 9.57. The highest BCUT2D eigenvalue weighted by atomic mass is 35.5. The summed E-state index contributed by atoms with van der Waals surface area (Å²) in [5.74, 6) is 0. The van der Waals surface area contributed by atoms with Gasteiger partial charge in [-0.05, 0) is 6.07 Å². The minimum absolute atomic E-state index is 0.0298. The lowest BCUT2D eigenvalue weighted by molar-refractivity contribution is 0.869. The average molecular weight is 207 g/mol. The van der Waals surface area contributed by atoms with Crippen LogP contribution in [0.5, 0.6) is 0 Å². The maximum atomic E-state index is 12.8. The SMILES string of the molecule is [B]c1cc(C#N)c(B(F)Cl)nc1CN. The monoisotopic (exact) mass is 207 g/mol. The van der Waals surface area contributed by atoms with Crippen molar-refractivity contribution in [2.45, 2.75) is 6.54 Å². The molecular weight excluding hydrogens is 202 g/mol. The van der Waals surface area contributed by atoms with Crippen LogP contribution in [-0.4, -0.2) is 19.2 Å². The molecule has 0 spiro atoms. The van der Waals surface area contributed by atoms with Gasteiger partial charge >= 0.3 is 6.41 Å². The number of aromatic nitrogens is 1. The summed E-state index contributed by atoms with van der Waals surface area (Å²) in [5.41, 5.74) is 5.82. The van der Waals surface area contributed by atoms with Crippen molar-refractivity contribution < 1.29 is 4.32 Å². The molecule has 0 unspecified atom stereocenters. The Balaban J connectivity index is 3.34. The molecule has 0 aliphatic heterocycles. The Morgan fingerprint density at radius 2 is 2.43 bits per heavy atom. The van der Waals surface area contributed by atoms with Crippen molar-refractivity contribution in [3.8, 4) is 6.07 Å². The number of nitriles is 1. The van der Waals surface area contributed by atoms with Gasteiger partial charge in [0.1, 0.15) is 13.9 Å². The first-order valence-corrected chi connectivity index (χ1v) is 4.21. The van der Waals surface area contributed by atoms with Crippen molar-refractivity contribution in [3.63, 3.8) is 0 Å². The van der Waals surface area contributed by atoms with Crippen molar-refractivity contribution >= 4 is 36.8 Å². The molecular formula is C7H5B2ClFN3. The summed E-state index contributed by atoms with van der Waals surface area (Å²) in [6.07, 6.45) is -1.82. The Morgan fingerprint density at radius 1 is 1.79 bits per heavy atom. The standard InChI is InChI=1S/C7H5B2ClFN3/c8-5-1-4(2-12)7(9(10)11)14-6(5)3-13/h1H,3,13H2. The Hall–Kier alpha value is -1.05. The molecule has 1 heterocycles. The van der Waals surface area contributed by atoms with E-state index in [1.807, 2.05) is 0 Å². The van der Waals surface area contributed by atoms with Crippen molar-refractivity contribution in [3.05, 3.63) is 17.3 Å². The van der Waals surface area contributed by atoms with Crippen LogP contribution in [0.25, 0.3) is 0 Å². The zero-order valence-electron chi connectivity index (χ0n) is 7.17. The van der Waals surface area contributed by atoms with E-state index in [-0.39, 0.29) is 23.2 Å². The number of halogens is 2. The van der Waals surface area contributed by atoms with Crippen LogP contribution in [0.3, 0.4) is 0 Å². The highest BCUT2D eigenvalue weighted by Gasteiger charge is 2.20. The molecule has 0 saturated carbocycles. The van der Waals surface area contributed by atoms with Gasteiger partial charge in [0.15, 0.2) is 0 Å². The zero-order chi connectivity index (χ0) is 10.7. The summed E-state index contributed by atoms with van der Waals surface area (Å²) in [6.45, 7) is 0.0775. The third-order valence-electron chi connectivity index (χ3n) is 1.68. The summed E-state index contributed by atoms with van der Waals surface area (Å²) < 4.78 is 12.8. The minimum Gasteiger partial charge on any atom is -0.325 e. The van der Waals surface area contributed by atoms with Crippen LogP contribution in [0.1, 0.15) is 11.3 Å². The fourth-order valence-corrected chi connectivity index (χ4v) is 1.17. The van der Waals surface area contributed by atoms with Gasteiger partial charge < -0.3 is 10.0 Å². The molecule has 0 amide bonds. The Labute approximate surface area is 87.5 Å². The highest BCUT2D eigenvalue weighted by molar-refractivity contribution is 7.10. The Kier molecular flexibility index (Phi) is 3.50. The number of hydrogen-bond donors (Lipinski definition) is 1. The van der Waals surface area contributed by atoms with E-state index in [2.05, 4.69) is 4.98 Å². The van der Waals surface area contributed by atoms with Crippen molar-refractivity contribution in [1.29, 1.82) is 5.26 Å². The van der Waals surface area contributed by atoms with E-state index in [0.29, 0.717) is 5.69 Å². The van der Waals surface area contributed by atoms with Gasteiger partial charge in [-0.15, -0.1) is 11.5 Å². The number of rotatable bonds is 2. The predicted octanol–water partition coefficient (Wildman–Crippen LogP) is -0.891. The molecule has 1 rings (SSSR count). The van der Waals surface area contributed by atoms with Gasteiger partial charge in [-0.25, -0.2) is 0 Å². The van der Waals surface area contributed by atoms with Gasteiger partial charge in [0, 0.05) is 12.2 Å². The molecule has 2 N–H and O–H groups in total. The largest absolute Gasteiger partial charge is 0.500 e. The molecule has 3 nitrogen and oxygen atoms in total. The second-order valence-electron chi connectivity index (χ2n) is 2.57. The molecule has 68 valence electrons. The van der Waals surface area contributed by atoms with E-state index in [9.17, 15) is 4.32 Å². The van der Waals surface area contributed by atoms with Crippen LogP contribution in [0, 0.1) is 11.3 Å². The quantitative estimate of drug-likeness (QED) is 0.640. The van der Waals surface area contributed by atoms with Crippen LogP contribution in [-0.2, 0) is 6.54 Å². The predicted molar refractivity (Wildman–Crippen MR) is 54.6 cm³/mol. The third kappa shape index (κ3) is 2.06. The summed E-state index contributed by atoms with van der Waals surface area (Å²) >= 11 is 5.21. The molecule has 0 fully saturated rings. The van der Waals surface area contributed by atoms with Gasteiger partial charge in [-0.1, -0.05) is 5.46 Å². The van der Waals surface area contributed by atoms with E-state index in [1.54, 1.807) is 6.07 Å². The molecule has 0 bridgehead atoms. The zero-order valence-corrected chi connectivity index (χ0v) is 7.92. The minimum atomic E-state index is -1.82. The van der Waals surface area contributed by atoms with Crippen molar-refractivity contribution in [2.24, 2.45) is 5.73 Å². The number of nitrogens with zero attached hydrogens (tertiary/aromatic N) is 2. The average Bonchev–Trinajstić information content (AvgIpc) is 2.16. The fourth-order valence-electron chi connectivity index (χ4n) is 1.00. The first-order valence-electron chi connectivity index (χ1n) is 3.77.